The second kappa shape index (κ2) is 9.82. The van der Waals surface area contributed by atoms with Gasteiger partial charge in [0.25, 0.3) is 0 Å². The quantitative estimate of drug-likeness (QED) is 0.685. The first kappa shape index (κ1) is 17.0. The number of alkyl carbamates (subject to hydrolysis) is 1. The van der Waals surface area contributed by atoms with Crippen molar-refractivity contribution < 1.29 is 14.3 Å². The van der Waals surface area contributed by atoms with E-state index in [0.717, 1.165) is 10.0 Å². The number of amides is 3. The van der Waals surface area contributed by atoms with Crippen molar-refractivity contribution in [2.75, 3.05) is 19.7 Å². The van der Waals surface area contributed by atoms with Gasteiger partial charge < -0.3 is 20.7 Å². The fraction of sp³-hybridized carbons (Fsp3) is 0.286. The summed E-state index contributed by atoms with van der Waals surface area (Å²) >= 11 is 3.41. The van der Waals surface area contributed by atoms with Crippen molar-refractivity contribution in [2.45, 2.75) is 6.92 Å². The largest absolute Gasteiger partial charge is 0.450 e. The summed E-state index contributed by atoms with van der Waals surface area (Å²) in [5.41, 5.74) is 0.960. The van der Waals surface area contributed by atoms with E-state index in [0.29, 0.717) is 19.7 Å². The maximum atomic E-state index is 11.5. The summed E-state index contributed by atoms with van der Waals surface area (Å²) in [6, 6.07) is 7.32. The lowest BCUT2D eigenvalue weighted by Crippen LogP contribution is -2.38. The van der Waals surface area contributed by atoms with Crippen LogP contribution in [0.4, 0.5) is 9.59 Å². The summed E-state index contributed by atoms with van der Waals surface area (Å²) in [6.07, 6.45) is 2.84. The van der Waals surface area contributed by atoms with Gasteiger partial charge in [0.15, 0.2) is 0 Å². The van der Waals surface area contributed by atoms with Crippen molar-refractivity contribution in [1.29, 1.82) is 0 Å². The fourth-order valence-electron chi connectivity index (χ4n) is 1.39. The highest BCUT2D eigenvalue weighted by atomic mass is 79.9. The number of carbonyl (C=O) groups excluding carboxylic acids is 2. The highest BCUT2D eigenvalue weighted by Gasteiger charge is 2.00. The molecule has 1 aromatic rings. The van der Waals surface area contributed by atoms with Gasteiger partial charge in [0, 0.05) is 23.8 Å². The highest BCUT2D eigenvalue weighted by molar-refractivity contribution is 9.10. The second-order valence-corrected chi connectivity index (χ2v) is 4.76. The third-order valence-electron chi connectivity index (χ3n) is 2.34. The molecule has 1 rings (SSSR count). The predicted octanol–water partition coefficient (Wildman–Crippen LogP) is 2.47. The van der Waals surface area contributed by atoms with E-state index in [1.165, 1.54) is 0 Å². The molecule has 114 valence electrons. The molecule has 0 bridgehead atoms. The molecule has 0 spiro atoms. The summed E-state index contributed by atoms with van der Waals surface area (Å²) < 4.78 is 5.63. The minimum Gasteiger partial charge on any atom is -0.450 e. The fourth-order valence-corrected chi connectivity index (χ4v) is 1.81. The Kier molecular flexibility index (Phi) is 7.96. The Morgan fingerprint density at radius 2 is 1.95 bits per heavy atom. The number of hydrogen-bond donors (Lipinski definition) is 3. The van der Waals surface area contributed by atoms with E-state index in [9.17, 15) is 9.59 Å². The molecule has 0 saturated carbocycles. The van der Waals surface area contributed by atoms with Crippen molar-refractivity contribution >= 4 is 34.1 Å². The normalized spacial score (nSPS) is 10.2. The summed E-state index contributed by atoms with van der Waals surface area (Å²) in [7, 11) is 0. The zero-order chi connectivity index (χ0) is 15.5. The zero-order valence-corrected chi connectivity index (χ0v) is 13.3. The number of halogens is 1. The van der Waals surface area contributed by atoms with E-state index in [1.54, 1.807) is 19.2 Å². The molecular weight excluding hydrogens is 338 g/mol. The van der Waals surface area contributed by atoms with Crippen LogP contribution in [0.15, 0.2) is 34.9 Å². The average Bonchev–Trinajstić information content (AvgIpc) is 2.46. The molecular formula is C14H18BrN3O3. The molecule has 0 radical (unpaired) electrons. The summed E-state index contributed by atoms with van der Waals surface area (Å²) in [4.78, 5) is 22.4. The Hall–Kier alpha value is -2.02. The van der Waals surface area contributed by atoms with Gasteiger partial charge in [-0.25, -0.2) is 9.59 Å². The first-order chi connectivity index (χ1) is 10.1. The van der Waals surface area contributed by atoms with E-state index in [1.807, 2.05) is 24.3 Å². The van der Waals surface area contributed by atoms with Crippen molar-refractivity contribution in [1.82, 2.24) is 16.0 Å². The highest BCUT2D eigenvalue weighted by Crippen LogP contribution is 2.16. The molecule has 0 unspecified atom stereocenters. The number of ether oxygens (including phenoxy) is 1. The van der Waals surface area contributed by atoms with Gasteiger partial charge in [0.1, 0.15) is 0 Å². The van der Waals surface area contributed by atoms with Gasteiger partial charge in [-0.2, -0.15) is 0 Å². The number of urea groups is 1. The van der Waals surface area contributed by atoms with Crippen LogP contribution in [0, 0.1) is 0 Å². The van der Waals surface area contributed by atoms with E-state index in [4.69, 9.17) is 0 Å². The lowest BCUT2D eigenvalue weighted by molar-refractivity contribution is 0.152. The number of hydrogen-bond acceptors (Lipinski definition) is 3. The Morgan fingerprint density at radius 1 is 1.24 bits per heavy atom. The minimum absolute atomic E-state index is 0.306. The van der Waals surface area contributed by atoms with Crippen LogP contribution >= 0.6 is 15.9 Å². The number of rotatable bonds is 6. The first-order valence-electron chi connectivity index (χ1n) is 6.49. The number of nitrogens with one attached hydrogen (secondary N) is 3. The number of carbonyl (C=O) groups is 2. The Labute approximate surface area is 132 Å². The Balaban J connectivity index is 2.20. The second-order valence-electron chi connectivity index (χ2n) is 3.90. The third kappa shape index (κ3) is 7.36. The number of benzene rings is 1. The summed E-state index contributed by atoms with van der Waals surface area (Å²) in [5.74, 6) is 0. The van der Waals surface area contributed by atoms with Gasteiger partial charge in [0.05, 0.1) is 6.61 Å². The molecule has 0 atom stereocenters. The molecule has 6 nitrogen and oxygen atoms in total. The van der Waals surface area contributed by atoms with E-state index in [2.05, 4.69) is 36.6 Å². The van der Waals surface area contributed by atoms with Crippen LogP contribution in [0.2, 0.25) is 0 Å². The maximum Gasteiger partial charge on any atom is 0.407 e. The predicted molar refractivity (Wildman–Crippen MR) is 84.7 cm³/mol. The van der Waals surface area contributed by atoms with Crippen LogP contribution in [0.25, 0.3) is 6.08 Å². The average molecular weight is 356 g/mol. The van der Waals surface area contributed by atoms with Gasteiger partial charge in [-0.05, 0) is 24.6 Å². The monoisotopic (exact) mass is 355 g/mol. The van der Waals surface area contributed by atoms with Crippen LogP contribution in [0.5, 0.6) is 0 Å². The van der Waals surface area contributed by atoms with Crippen LogP contribution in [0.1, 0.15) is 12.5 Å². The minimum atomic E-state index is -0.492. The van der Waals surface area contributed by atoms with Gasteiger partial charge in [0.2, 0.25) is 0 Å². The van der Waals surface area contributed by atoms with Gasteiger partial charge in [-0.3, -0.25) is 0 Å². The standard InChI is InChI=1S/C14H18BrN3O3/c1-2-21-14(20)18-10-9-17-13(19)16-8-7-11-5-3-4-6-12(11)15/h3-8H,2,9-10H2,1H3,(H,18,20)(H2,16,17,19)/b8-7+. The van der Waals surface area contributed by atoms with Gasteiger partial charge in [-0.1, -0.05) is 34.1 Å². The third-order valence-corrected chi connectivity index (χ3v) is 3.06. The van der Waals surface area contributed by atoms with Crippen molar-refractivity contribution in [3.8, 4) is 0 Å². The molecule has 3 N–H and O–H groups in total. The molecule has 0 aliphatic carbocycles. The molecule has 0 saturated heterocycles. The summed E-state index contributed by atoms with van der Waals surface area (Å²) in [5, 5.41) is 7.67. The molecule has 7 heteroatoms. The smallest absolute Gasteiger partial charge is 0.407 e. The van der Waals surface area contributed by atoms with Crippen molar-refractivity contribution in [3.05, 3.63) is 40.5 Å². The molecule has 21 heavy (non-hydrogen) atoms. The molecule has 3 amide bonds. The topological polar surface area (TPSA) is 79.5 Å². The van der Waals surface area contributed by atoms with E-state index < -0.39 is 6.09 Å². The first-order valence-corrected chi connectivity index (χ1v) is 7.29. The molecule has 0 aromatic heterocycles. The van der Waals surface area contributed by atoms with Crippen molar-refractivity contribution in [3.63, 3.8) is 0 Å². The SMILES string of the molecule is CCOC(=O)NCCNC(=O)N/C=C/c1ccccc1Br. The molecule has 0 aliphatic heterocycles. The van der Waals surface area contributed by atoms with Crippen LogP contribution in [-0.2, 0) is 4.74 Å². The Morgan fingerprint density at radius 3 is 2.67 bits per heavy atom. The molecule has 1 aromatic carbocycles. The van der Waals surface area contributed by atoms with E-state index >= 15 is 0 Å². The van der Waals surface area contributed by atoms with Gasteiger partial charge >= 0.3 is 12.1 Å². The lowest BCUT2D eigenvalue weighted by Gasteiger charge is -2.06. The maximum absolute atomic E-state index is 11.5. The molecule has 0 fully saturated rings. The molecule has 0 aliphatic rings. The summed E-state index contributed by atoms with van der Waals surface area (Å²) in [6.45, 7) is 2.66. The van der Waals surface area contributed by atoms with Crippen LogP contribution < -0.4 is 16.0 Å². The van der Waals surface area contributed by atoms with Gasteiger partial charge in [-0.15, -0.1) is 0 Å². The van der Waals surface area contributed by atoms with Crippen LogP contribution in [0.3, 0.4) is 0 Å². The van der Waals surface area contributed by atoms with E-state index in [-0.39, 0.29) is 6.03 Å². The van der Waals surface area contributed by atoms with Crippen LogP contribution in [-0.4, -0.2) is 31.8 Å². The Bertz CT molecular complexity index is 506. The lowest BCUT2D eigenvalue weighted by atomic mass is 10.2. The molecule has 0 heterocycles. The zero-order valence-electron chi connectivity index (χ0n) is 11.7. The van der Waals surface area contributed by atoms with Crippen molar-refractivity contribution in [2.24, 2.45) is 0 Å².